The van der Waals surface area contributed by atoms with Crippen molar-refractivity contribution in [2.45, 2.75) is 25.4 Å². The summed E-state index contributed by atoms with van der Waals surface area (Å²) in [5.41, 5.74) is 0. The van der Waals surface area contributed by atoms with Crippen molar-refractivity contribution in [1.29, 1.82) is 0 Å². The summed E-state index contributed by atoms with van der Waals surface area (Å²) in [5, 5.41) is 5.85. The zero-order valence-electron chi connectivity index (χ0n) is 10.4. The molecule has 1 saturated heterocycles. The average molecular weight is 283 g/mol. The maximum Gasteiger partial charge on any atom is 0.230 e. The molecule has 0 aromatic carbocycles. The largest absolute Gasteiger partial charge is 0.377 e. The van der Waals surface area contributed by atoms with Crippen LogP contribution in [0.5, 0.6) is 0 Å². The Bertz CT molecular complexity index is 202. The van der Waals surface area contributed by atoms with Gasteiger partial charge in [0.1, 0.15) is 0 Å². The van der Waals surface area contributed by atoms with E-state index in [9.17, 15) is 4.79 Å². The van der Waals surface area contributed by atoms with Crippen LogP contribution in [-0.4, -0.2) is 50.3 Å². The van der Waals surface area contributed by atoms with Crippen molar-refractivity contribution in [1.82, 2.24) is 10.6 Å². The standard InChI is InChI=1S/C11H22N2O2S.ClH/c1-12-5-6-13-11(14)9-16-8-10-4-2-3-7-15-10;/h10,12H,2-9H2,1H3,(H,13,14);1H. The number of ether oxygens (including phenoxy) is 1. The fourth-order valence-corrected chi connectivity index (χ4v) is 2.53. The van der Waals surface area contributed by atoms with Crippen LogP contribution in [0.2, 0.25) is 0 Å². The molecule has 0 aliphatic carbocycles. The monoisotopic (exact) mass is 282 g/mol. The van der Waals surface area contributed by atoms with Gasteiger partial charge in [0.2, 0.25) is 5.91 Å². The SMILES string of the molecule is CNCCNC(=O)CSCC1CCCCO1.Cl. The van der Waals surface area contributed by atoms with E-state index < -0.39 is 0 Å². The molecule has 0 bridgehead atoms. The molecule has 1 amide bonds. The summed E-state index contributed by atoms with van der Waals surface area (Å²) in [6.45, 7) is 2.41. The molecule has 0 radical (unpaired) electrons. The predicted molar refractivity (Wildman–Crippen MR) is 75.1 cm³/mol. The highest BCUT2D eigenvalue weighted by atomic mass is 35.5. The number of likely N-dealkylation sites (N-methyl/N-ethyl adjacent to an activating group) is 1. The van der Waals surface area contributed by atoms with Crippen LogP contribution in [0.4, 0.5) is 0 Å². The van der Waals surface area contributed by atoms with E-state index in [1.165, 1.54) is 12.8 Å². The molecule has 1 aliphatic heterocycles. The summed E-state index contributed by atoms with van der Waals surface area (Å²) < 4.78 is 5.60. The molecule has 0 aromatic heterocycles. The number of rotatable bonds is 7. The van der Waals surface area contributed by atoms with Gasteiger partial charge in [-0.05, 0) is 26.3 Å². The van der Waals surface area contributed by atoms with E-state index in [1.54, 1.807) is 11.8 Å². The van der Waals surface area contributed by atoms with Crippen LogP contribution < -0.4 is 10.6 Å². The van der Waals surface area contributed by atoms with Gasteiger partial charge in [-0.25, -0.2) is 0 Å². The maximum absolute atomic E-state index is 11.4. The number of amides is 1. The Kier molecular flexibility index (Phi) is 11.2. The lowest BCUT2D eigenvalue weighted by molar-refractivity contribution is -0.118. The van der Waals surface area contributed by atoms with Gasteiger partial charge in [0.05, 0.1) is 11.9 Å². The Morgan fingerprint density at radius 3 is 2.88 bits per heavy atom. The van der Waals surface area contributed by atoms with E-state index in [1.807, 2.05) is 7.05 Å². The topological polar surface area (TPSA) is 50.4 Å². The summed E-state index contributed by atoms with van der Waals surface area (Å²) >= 11 is 1.67. The molecule has 102 valence electrons. The first kappa shape index (κ1) is 17.0. The summed E-state index contributed by atoms with van der Waals surface area (Å²) in [6.07, 6.45) is 3.96. The number of halogens is 1. The van der Waals surface area contributed by atoms with Crippen LogP contribution in [0.15, 0.2) is 0 Å². The van der Waals surface area contributed by atoms with Gasteiger partial charge in [-0.3, -0.25) is 4.79 Å². The summed E-state index contributed by atoms with van der Waals surface area (Å²) in [4.78, 5) is 11.4. The lowest BCUT2D eigenvalue weighted by Gasteiger charge is -2.21. The minimum absolute atomic E-state index is 0. The molecular formula is C11H23ClN2O2S. The van der Waals surface area contributed by atoms with Crippen LogP contribution in [-0.2, 0) is 9.53 Å². The first-order valence-electron chi connectivity index (χ1n) is 5.93. The summed E-state index contributed by atoms with van der Waals surface area (Å²) in [6, 6.07) is 0. The highest BCUT2D eigenvalue weighted by Crippen LogP contribution is 2.16. The number of carbonyl (C=O) groups excluding carboxylic acids is 1. The normalized spacial score (nSPS) is 19.5. The molecule has 1 unspecified atom stereocenters. The third kappa shape index (κ3) is 8.71. The zero-order valence-corrected chi connectivity index (χ0v) is 12.0. The Balaban J connectivity index is 0.00000256. The number of hydrogen-bond donors (Lipinski definition) is 2. The second-order valence-corrected chi connectivity index (χ2v) is 4.99. The van der Waals surface area contributed by atoms with Crippen molar-refractivity contribution in [3.63, 3.8) is 0 Å². The number of hydrogen-bond acceptors (Lipinski definition) is 4. The minimum atomic E-state index is 0. The van der Waals surface area contributed by atoms with E-state index in [2.05, 4.69) is 10.6 Å². The fourth-order valence-electron chi connectivity index (χ4n) is 1.60. The van der Waals surface area contributed by atoms with Gasteiger partial charge in [0.25, 0.3) is 0 Å². The van der Waals surface area contributed by atoms with Crippen LogP contribution in [0.3, 0.4) is 0 Å². The molecule has 1 atom stereocenters. The molecular weight excluding hydrogens is 260 g/mol. The molecule has 6 heteroatoms. The summed E-state index contributed by atoms with van der Waals surface area (Å²) in [5.74, 6) is 1.61. The lowest BCUT2D eigenvalue weighted by Crippen LogP contribution is -2.32. The van der Waals surface area contributed by atoms with Gasteiger partial charge in [0.15, 0.2) is 0 Å². The van der Waals surface area contributed by atoms with Crippen LogP contribution in [0, 0.1) is 0 Å². The third-order valence-electron chi connectivity index (χ3n) is 2.51. The summed E-state index contributed by atoms with van der Waals surface area (Å²) in [7, 11) is 1.88. The second kappa shape index (κ2) is 11.1. The smallest absolute Gasteiger partial charge is 0.230 e. The molecule has 0 saturated carbocycles. The number of nitrogens with one attached hydrogen (secondary N) is 2. The van der Waals surface area contributed by atoms with Gasteiger partial charge in [-0.15, -0.1) is 24.2 Å². The van der Waals surface area contributed by atoms with Gasteiger partial charge in [0, 0.05) is 25.4 Å². The highest BCUT2D eigenvalue weighted by Gasteiger charge is 2.14. The Hall–Kier alpha value is 0.0300. The Morgan fingerprint density at radius 2 is 2.24 bits per heavy atom. The molecule has 2 N–H and O–H groups in total. The van der Waals surface area contributed by atoms with Crippen LogP contribution in [0.25, 0.3) is 0 Å². The second-order valence-electron chi connectivity index (χ2n) is 3.96. The molecule has 1 aliphatic rings. The van der Waals surface area contributed by atoms with Crippen molar-refractivity contribution in [2.75, 3.05) is 38.2 Å². The van der Waals surface area contributed by atoms with E-state index in [4.69, 9.17) is 4.74 Å². The fraction of sp³-hybridized carbons (Fsp3) is 0.909. The molecule has 0 aromatic rings. The van der Waals surface area contributed by atoms with Crippen molar-refractivity contribution in [2.24, 2.45) is 0 Å². The van der Waals surface area contributed by atoms with Gasteiger partial charge in [-0.2, -0.15) is 0 Å². The number of carbonyl (C=O) groups is 1. The Labute approximate surface area is 114 Å². The quantitative estimate of drug-likeness (QED) is 0.686. The molecule has 1 rings (SSSR count). The lowest BCUT2D eigenvalue weighted by atomic mass is 10.1. The van der Waals surface area contributed by atoms with Crippen molar-refractivity contribution in [3.8, 4) is 0 Å². The molecule has 17 heavy (non-hydrogen) atoms. The van der Waals surface area contributed by atoms with Crippen molar-refractivity contribution >= 4 is 30.1 Å². The van der Waals surface area contributed by atoms with E-state index in [0.717, 1.165) is 25.3 Å². The van der Waals surface area contributed by atoms with Crippen LogP contribution in [0.1, 0.15) is 19.3 Å². The Morgan fingerprint density at radius 1 is 1.41 bits per heavy atom. The predicted octanol–water partition coefficient (Wildman–Crippen LogP) is 1.05. The van der Waals surface area contributed by atoms with Crippen molar-refractivity contribution < 1.29 is 9.53 Å². The molecule has 1 heterocycles. The van der Waals surface area contributed by atoms with Gasteiger partial charge < -0.3 is 15.4 Å². The minimum Gasteiger partial charge on any atom is -0.377 e. The van der Waals surface area contributed by atoms with E-state index in [0.29, 0.717) is 18.4 Å². The van der Waals surface area contributed by atoms with E-state index >= 15 is 0 Å². The number of thioether (sulfide) groups is 1. The zero-order chi connectivity index (χ0) is 11.6. The van der Waals surface area contributed by atoms with Gasteiger partial charge in [-0.1, -0.05) is 0 Å². The van der Waals surface area contributed by atoms with Crippen LogP contribution >= 0.6 is 24.2 Å². The average Bonchev–Trinajstić information content (AvgIpc) is 2.31. The maximum atomic E-state index is 11.4. The highest BCUT2D eigenvalue weighted by molar-refractivity contribution is 7.99. The molecule has 4 nitrogen and oxygen atoms in total. The van der Waals surface area contributed by atoms with E-state index in [-0.39, 0.29) is 18.3 Å². The first-order chi connectivity index (χ1) is 7.83. The molecule has 1 fully saturated rings. The third-order valence-corrected chi connectivity index (χ3v) is 3.58. The van der Waals surface area contributed by atoms with Gasteiger partial charge >= 0.3 is 0 Å². The van der Waals surface area contributed by atoms with Crippen molar-refractivity contribution in [3.05, 3.63) is 0 Å². The first-order valence-corrected chi connectivity index (χ1v) is 7.09. The molecule has 0 spiro atoms.